The van der Waals surface area contributed by atoms with Crippen LogP contribution in [0.3, 0.4) is 0 Å². The summed E-state index contributed by atoms with van der Waals surface area (Å²) in [4.78, 5) is 15.9. The molecule has 0 atom stereocenters. The SMILES string of the molecule is Oc1ccc(CCNc2nc(NCCCCCNCl)nc(Nc3cccc(F)c3)n2)cc1. The van der Waals surface area contributed by atoms with Gasteiger partial charge in [-0.2, -0.15) is 15.0 Å². The van der Waals surface area contributed by atoms with E-state index in [0.717, 1.165) is 37.8 Å². The number of phenols is 1. The first kappa shape index (κ1) is 23.5. The lowest BCUT2D eigenvalue weighted by atomic mass is 10.1. The monoisotopic (exact) mass is 459 g/mol. The van der Waals surface area contributed by atoms with E-state index in [1.54, 1.807) is 24.3 Å². The van der Waals surface area contributed by atoms with E-state index in [4.69, 9.17) is 11.8 Å². The van der Waals surface area contributed by atoms with Crippen LogP contribution in [0.5, 0.6) is 5.75 Å². The first-order valence-corrected chi connectivity index (χ1v) is 10.9. The van der Waals surface area contributed by atoms with Crippen LogP contribution in [-0.4, -0.2) is 39.7 Å². The third-order valence-electron chi connectivity index (χ3n) is 4.58. The summed E-state index contributed by atoms with van der Waals surface area (Å²) in [5.41, 5.74) is 1.62. The lowest BCUT2D eigenvalue weighted by Crippen LogP contribution is -2.13. The number of nitrogens with zero attached hydrogens (tertiary/aromatic N) is 3. The van der Waals surface area contributed by atoms with Crippen molar-refractivity contribution < 1.29 is 9.50 Å². The van der Waals surface area contributed by atoms with E-state index in [9.17, 15) is 9.50 Å². The van der Waals surface area contributed by atoms with E-state index in [1.807, 2.05) is 12.1 Å². The maximum absolute atomic E-state index is 13.5. The van der Waals surface area contributed by atoms with Gasteiger partial charge in [-0.1, -0.05) is 24.6 Å². The quantitative estimate of drug-likeness (QED) is 0.189. The molecule has 32 heavy (non-hydrogen) atoms. The lowest BCUT2D eigenvalue weighted by Gasteiger charge is -2.11. The van der Waals surface area contributed by atoms with Gasteiger partial charge in [-0.25, -0.2) is 9.23 Å². The molecule has 0 aliphatic rings. The number of halogens is 2. The molecule has 0 saturated heterocycles. The minimum absolute atomic E-state index is 0.238. The fourth-order valence-electron chi connectivity index (χ4n) is 2.96. The Morgan fingerprint density at radius 1 is 0.812 bits per heavy atom. The Kier molecular flexibility index (Phi) is 9.27. The van der Waals surface area contributed by atoms with Crippen LogP contribution in [0.15, 0.2) is 48.5 Å². The molecule has 0 saturated carbocycles. The van der Waals surface area contributed by atoms with Gasteiger partial charge in [0.2, 0.25) is 17.8 Å². The maximum Gasteiger partial charge on any atom is 0.233 e. The molecule has 10 heteroatoms. The summed E-state index contributed by atoms with van der Waals surface area (Å²) >= 11 is 5.47. The highest BCUT2D eigenvalue weighted by Crippen LogP contribution is 2.17. The third-order valence-corrected chi connectivity index (χ3v) is 4.77. The number of rotatable bonds is 13. The van der Waals surface area contributed by atoms with Gasteiger partial charge in [0.1, 0.15) is 11.6 Å². The fourth-order valence-corrected chi connectivity index (χ4v) is 3.09. The average Bonchev–Trinajstić information content (AvgIpc) is 2.77. The predicted molar refractivity (Wildman–Crippen MR) is 126 cm³/mol. The second-order valence-corrected chi connectivity index (χ2v) is 7.42. The number of aromatic nitrogens is 3. The molecule has 0 unspecified atom stereocenters. The maximum atomic E-state index is 13.5. The van der Waals surface area contributed by atoms with Crippen molar-refractivity contribution in [3.8, 4) is 5.75 Å². The zero-order valence-electron chi connectivity index (χ0n) is 17.6. The van der Waals surface area contributed by atoms with Crippen molar-refractivity contribution in [1.29, 1.82) is 0 Å². The smallest absolute Gasteiger partial charge is 0.233 e. The van der Waals surface area contributed by atoms with Crippen LogP contribution in [0.2, 0.25) is 0 Å². The van der Waals surface area contributed by atoms with Crippen molar-refractivity contribution in [2.24, 2.45) is 0 Å². The first-order valence-electron chi connectivity index (χ1n) is 10.5. The Bertz CT molecular complexity index is 975. The topological polar surface area (TPSA) is 107 Å². The molecular formula is C22H27ClFN7O. The predicted octanol–water partition coefficient (Wildman–Crippen LogP) is 4.44. The normalized spacial score (nSPS) is 10.7. The molecule has 1 aromatic heterocycles. The molecule has 0 amide bonds. The van der Waals surface area contributed by atoms with E-state index in [2.05, 4.69) is 35.7 Å². The van der Waals surface area contributed by atoms with Crippen LogP contribution < -0.4 is 20.8 Å². The molecule has 0 bridgehead atoms. The number of aromatic hydroxyl groups is 1. The fraction of sp³-hybridized carbons (Fsp3) is 0.318. The van der Waals surface area contributed by atoms with Crippen LogP contribution in [0, 0.1) is 5.82 Å². The summed E-state index contributed by atoms with van der Waals surface area (Å²) in [6, 6.07) is 13.2. The standard InChI is InChI=1S/C22H27ClFN7O/c23-27-13-3-1-2-12-25-20-29-21(26-14-11-16-7-9-19(32)10-8-16)31-22(30-20)28-18-6-4-5-17(24)15-18/h4-10,15,27,32H,1-3,11-14H2,(H3,25,26,28,29,30,31). The second kappa shape index (κ2) is 12.6. The largest absolute Gasteiger partial charge is 0.508 e. The highest BCUT2D eigenvalue weighted by Gasteiger charge is 2.08. The molecule has 2 aromatic carbocycles. The van der Waals surface area contributed by atoms with Crippen molar-refractivity contribution in [1.82, 2.24) is 19.8 Å². The van der Waals surface area contributed by atoms with Gasteiger partial charge in [-0.05, 0) is 66.9 Å². The van der Waals surface area contributed by atoms with E-state index in [-0.39, 0.29) is 11.6 Å². The van der Waals surface area contributed by atoms with Crippen molar-refractivity contribution in [3.63, 3.8) is 0 Å². The number of unbranched alkanes of at least 4 members (excludes halogenated alkanes) is 2. The van der Waals surface area contributed by atoms with Gasteiger partial charge >= 0.3 is 0 Å². The molecule has 170 valence electrons. The Balaban J connectivity index is 1.63. The van der Waals surface area contributed by atoms with Crippen molar-refractivity contribution in [3.05, 3.63) is 59.9 Å². The number of benzene rings is 2. The summed E-state index contributed by atoms with van der Waals surface area (Å²) in [5.74, 6) is 1.04. The average molecular weight is 460 g/mol. The van der Waals surface area contributed by atoms with Gasteiger partial charge < -0.3 is 21.1 Å². The molecule has 0 aliphatic heterocycles. The van der Waals surface area contributed by atoms with Crippen LogP contribution >= 0.6 is 11.8 Å². The molecule has 1 heterocycles. The Morgan fingerprint density at radius 2 is 1.50 bits per heavy atom. The third kappa shape index (κ3) is 8.16. The molecule has 8 nitrogen and oxygen atoms in total. The van der Waals surface area contributed by atoms with Gasteiger partial charge in [0, 0.05) is 25.3 Å². The Morgan fingerprint density at radius 3 is 2.22 bits per heavy atom. The molecule has 3 aromatic rings. The van der Waals surface area contributed by atoms with E-state index in [1.165, 1.54) is 12.1 Å². The summed E-state index contributed by atoms with van der Waals surface area (Å²) in [5, 5.41) is 18.8. The molecule has 0 spiro atoms. The van der Waals surface area contributed by atoms with E-state index >= 15 is 0 Å². The number of hydrogen-bond donors (Lipinski definition) is 5. The molecule has 3 rings (SSSR count). The second-order valence-electron chi connectivity index (χ2n) is 7.16. The van der Waals surface area contributed by atoms with Crippen molar-refractivity contribution >= 4 is 35.3 Å². The summed E-state index contributed by atoms with van der Waals surface area (Å²) in [6.45, 7) is 2.07. The molecule has 0 radical (unpaired) electrons. The minimum atomic E-state index is -0.346. The Hall–Kier alpha value is -3.17. The van der Waals surface area contributed by atoms with Gasteiger partial charge in [0.15, 0.2) is 0 Å². The van der Waals surface area contributed by atoms with Crippen LogP contribution in [0.1, 0.15) is 24.8 Å². The summed E-state index contributed by atoms with van der Waals surface area (Å²) < 4.78 is 13.5. The Labute approximate surface area is 191 Å². The number of phenolic OH excluding ortho intramolecular Hbond substituents is 1. The van der Waals surface area contributed by atoms with E-state index in [0.29, 0.717) is 36.6 Å². The van der Waals surface area contributed by atoms with Gasteiger partial charge in [-0.15, -0.1) is 0 Å². The zero-order chi connectivity index (χ0) is 22.6. The van der Waals surface area contributed by atoms with E-state index < -0.39 is 0 Å². The number of nitrogens with one attached hydrogen (secondary N) is 4. The van der Waals surface area contributed by atoms with Gasteiger partial charge in [0.25, 0.3) is 0 Å². The lowest BCUT2D eigenvalue weighted by molar-refractivity contribution is 0.475. The van der Waals surface area contributed by atoms with Crippen molar-refractivity contribution in [2.75, 3.05) is 35.6 Å². The van der Waals surface area contributed by atoms with Crippen LogP contribution in [-0.2, 0) is 6.42 Å². The zero-order valence-corrected chi connectivity index (χ0v) is 18.4. The molecule has 0 fully saturated rings. The first-order chi connectivity index (χ1) is 15.6. The van der Waals surface area contributed by atoms with Crippen molar-refractivity contribution in [2.45, 2.75) is 25.7 Å². The number of anilines is 4. The van der Waals surface area contributed by atoms with Gasteiger partial charge in [0.05, 0.1) is 0 Å². The molecular weight excluding hydrogens is 433 g/mol. The molecule has 5 N–H and O–H groups in total. The van der Waals surface area contributed by atoms with Crippen LogP contribution in [0.4, 0.5) is 27.9 Å². The summed E-state index contributed by atoms with van der Waals surface area (Å²) in [7, 11) is 0. The molecule has 0 aliphatic carbocycles. The highest BCUT2D eigenvalue weighted by molar-refractivity contribution is 6.13. The summed E-state index contributed by atoms with van der Waals surface area (Å²) in [6.07, 6.45) is 3.68. The van der Waals surface area contributed by atoms with Gasteiger partial charge in [-0.3, -0.25) is 0 Å². The van der Waals surface area contributed by atoms with Crippen LogP contribution in [0.25, 0.3) is 0 Å². The minimum Gasteiger partial charge on any atom is -0.508 e. The number of hydrogen-bond acceptors (Lipinski definition) is 8. The highest BCUT2D eigenvalue weighted by atomic mass is 35.5.